The van der Waals surface area contributed by atoms with Crippen LogP contribution in [0.4, 0.5) is 5.82 Å². The highest BCUT2D eigenvalue weighted by atomic mass is 16.3. The van der Waals surface area contributed by atoms with Gasteiger partial charge in [0.15, 0.2) is 0 Å². The van der Waals surface area contributed by atoms with Gasteiger partial charge in [0.05, 0.1) is 6.04 Å². The van der Waals surface area contributed by atoms with E-state index >= 15 is 0 Å². The molecule has 1 aromatic carbocycles. The lowest BCUT2D eigenvalue weighted by Crippen LogP contribution is -2.18. The van der Waals surface area contributed by atoms with Gasteiger partial charge >= 0.3 is 0 Å². The maximum atomic E-state index is 9.40. The summed E-state index contributed by atoms with van der Waals surface area (Å²) < 4.78 is 0. The smallest absolute Gasteiger partial charge is 0.133 e. The summed E-state index contributed by atoms with van der Waals surface area (Å²) >= 11 is 0. The van der Waals surface area contributed by atoms with Crippen LogP contribution < -0.4 is 5.32 Å². The fraction of sp³-hybridized carbons (Fsp3) is 0.444. The maximum absolute atomic E-state index is 9.40. The number of aliphatic hydroxyl groups excluding tert-OH is 1. The van der Waals surface area contributed by atoms with Crippen LogP contribution in [0.3, 0.4) is 0 Å². The first-order valence-electron chi connectivity index (χ1n) is 8.06. The third-order valence-corrected chi connectivity index (χ3v) is 4.23. The zero-order chi connectivity index (χ0) is 15.4. The first kappa shape index (κ1) is 15.0. The molecule has 0 saturated heterocycles. The molecule has 116 valence electrons. The number of aryl methyl sites for hydroxylation is 2. The molecule has 2 aromatic rings. The van der Waals surface area contributed by atoms with Gasteiger partial charge in [-0.2, -0.15) is 0 Å². The topological polar surface area (TPSA) is 58.0 Å². The van der Waals surface area contributed by atoms with Crippen molar-refractivity contribution in [1.29, 1.82) is 0 Å². The van der Waals surface area contributed by atoms with E-state index in [0.717, 1.165) is 24.5 Å². The van der Waals surface area contributed by atoms with Crippen LogP contribution in [0, 0.1) is 6.92 Å². The highest BCUT2D eigenvalue weighted by molar-refractivity contribution is 5.49. The number of benzene rings is 1. The lowest BCUT2D eigenvalue weighted by atomic mass is 9.95. The molecule has 1 aliphatic rings. The molecule has 0 amide bonds. The predicted octanol–water partition coefficient (Wildman–Crippen LogP) is 3.20. The van der Waals surface area contributed by atoms with Crippen molar-refractivity contribution in [2.75, 3.05) is 11.9 Å². The molecule has 1 aromatic heterocycles. The molecule has 1 atom stereocenters. The van der Waals surface area contributed by atoms with Gasteiger partial charge in [-0.25, -0.2) is 9.97 Å². The lowest BCUT2D eigenvalue weighted by Gasteiger charge is -2.24. The first-order chi connectivity index (χ1) is 10.8. The second kappa shape index (κ2) is 6.88. The molecule has 0 fully saturated rings. The Morgan fingerprint density at radius 2 is 1.91 bits per heavy atom. The van der Waals surface area contributed by atoms with Crippen LogP contribution in [-0.2, 0) is 12.8 Å². The molecule has 0 radical (unpaired) electrons. The van der Waals surface area contributed by atoms with Gasteiger partial charge in [0.1, 0.15) is 11.6 Å². The fourth-order valence-electron chi connectivity index (χ4n) is 3.14. The van der Waals surface area contributed by atoms with Gasteiger partial charge in [0.25, 0.3) is 0 Å². The summed E-state index contributed by atoms with van der Waals surface area (Å²) in [6, 6.07) is 10.3. The molecule has 3 rings (SSSR count). The summed E-state index contributed by atoms with van der Waals surface area (Å²) in [6.07, 6.45) is 5.16. The molecule has 0 aliphatic heterocycles. The molecular weight excluding hydrogens is 274 g/mol. The Morgan fingerprint density at radius 1 is 1.14 bits per heavy atom. The van der Waals surface area contributed by atoms with Gasteiger partial charge in [0, 0.05) is 17.9 Å². The van der Waals surface area contributed by atoms with Gasteiger partial charge in [0.2, 0.25) is 0 Å². The van der Waals surface area contributed by atoms with Crippen LogP contribution in [-0.4, -0.2) is 21.7 Å². The number of hydrogen-bond acceptors (Lipinski definition) is 4. The normalized spacial score (nSPS) is 15.2. The second-order valence-corrected chi connectivity index (χ2v) is 5.87. The quantitative estimate of drug-likeness (QED) is 0.890. The molecule has 4 heteroatoms. The van der Waals surface area contributed by atoms with Gasteiger partial charge in [-0.05, 0) is 44.6 Å². The Hall–Kier alpha value is -1.94. The third-order valence-electron chi connectivity index (χ3n) is 4.23. The standard InChI is InChI=1S/C18H23N3O/c1-13-19-17-10-6-5-9-15(17)18(20-13)21-16(11-12-22)14-7-3-2-4-8-14/h2-4,7-8,16,22H,5-6,9-12H2,1H3,(H,19,20,21)/t16-/m1/s1. The molecule has 1 heterocycles. The summed E-state index contributed by atoms with van der Waals surface area (Å²) in [5.74, 6) is 1.77. The van der Waals surface area contributed by atoms with E-state index in [-0.39, 0.29) is 12.6 Å². The van der Waals surface area contributed by atoms with Crippen molar-refractivity contribution < 1.29 is 5.11 Å². The minimum atomic E-state index is 0.0755. The van der Waals surface area contributed by atoms with Crippen molar-refractivity contribution in [1.82, 2.24) is 9.97 Å². The largest absolute Gasteiger partial charge is 0.396 e. The van der Waals surface area contributed by atoms with Crippen LogP contribution >= 0.6 is 0 Å². The summed E-state index contributed by atoms with van der Waals surface area (Å²) in [5.41, 5.74) is 3.63. The Morgan fingerprint density at radius 3 is 2.68 bits per heavy atom. The van der Waals surface area contributed by atoms with E-state index in [1.54, 1.807) is 0 Å². The molecule has 22 heavy (non-hydrogen) atoms. The van der Waals surface area contributed by atoms with E-state index in [9.17, 15) is 5.11 Å². The molecule has 0 unspecified atom stereocenters. The first-order valence-corrected chi connectivity index (χ1v) is 8.06. The minimum absolute atomic E-state index is 0.0755. The molecule has 4 nitrogen and oxygen atoms in total. The molecule has 0 spiro atoms. The second-order valence-electron chi connectivity index (χ2n) is 5.87. The summed E-state index contributed by atoms with van der Waals surface area (Å²) in [7, 11) is 0. The SMILES string of the molecule is Cc1nc2c(c(N[C@H](CCO)c3ccccc3)n1)CCCC2. The van der Waals surface area contributed by atoms with Crippen molar-refractivity contribution in [2.24, 2.45) is 0 Å². The number of nitrogens with one attached hydrogen (secondary N) is 1. The van der Waals surface area contributed by atoms with Crippen molar-refractivity contribution in [3.63, 3.8) is 0 Å². The molecule has 0 saturated carbocycles. The van der Waals surface area contributed by atoms with Crippen LogP contribution in [0.5, 0.6) is 0 Å². The fourth-order valence-corrected chi connectivity index (χ4v) is 3.14. The number of nitrogens with zero attached hydrogens (tertiary/aromatic N) is 2. The lowest BCUT2D eigenvalue weighted by molar-refractivity contribution is 0.280. The van der Waals surface area contributed by atoms with E-state index in [4.69, 9.17) is 0 Å². The molecule has 0 bridgehead atoms. The van der Waals surface area contributed by atoms with Crippen molar-refractivity contribution >= 4 is 5.82 Å². The number of anilines is 1. The third kappa shape index (κ3) is 3.28. The van der Waals surface area contributed by atoms with Gasteiger partial charge in [-0.15, -0.1) is 0 Å². The summed E-state index contributed by atoms with van der Waals surface area (Å²) in [4.78, 5) is 9.23. The van der Waals surface area contributed by atoms with Crippen LogP contribution in [0.25, 0.3) is 0 Å². The number of fused-ring (bicyclic) bond motifs is 1. The van der Waals surface area contributed by atoms with Crippen LogP contribution in [0.2, 0.25) is 0 Å². The van der Waals surface area contributed by atoms with E-state index in [1.807, 2.05) is 25.1 Å². The monoisotopic (exact) mass is 297 g/mol. The van der Waals surface area contributed by atoms with Crippen LogP contribution in [0.1, 0.15) is 47.9 Å². The van der Waals surface area contributed by atoms with E-state index in [0.29, 0.717) is 6.42 Å². The number of hydrogen-bond donors (Lipinski definition) is 2. The Balaban J connectivity index is 1.91. The highest BCUT2D eigenvalue weighted by Gasteiger charge is 2.19. The Bertz CT molecular complexity index is 628. The summed E-state index contributed by atoms with van der Waals surface area (Å²) in [5, 5.41) is 13.0. The number of rotatable bonds is 5. The average molecular weight is 297 g/mol. The van der Waals surface area contributed by atoms with Gasteiger partial charge < -0.3 is 10.4 Å². The van der Waals surface area contributed by atoms with E-state index in [1.165, 1.54) is 29.7 Å². The molecular formula is C18H23N3O. The van der Waals surface area contributed by atoms with E-state index < -0.39 is 0 Å². The van der Waals surface area contributed by atoms with Crippen molar-refractivity contribution in [2.45, 2.75) is 45.1 Å². The molecule has 1 aliphatic carbocycles. The zero-order valence-corrected chi connectivity index (χ0v) is 13.0. The highest BCUT2D eigenvalue weighted by Crippen LogP contribution is 2.29. The minimum Gasteiger partial charge on any atom is -0.396 e. The zero-order valence-electron chi connectivity index (χ0n) is 13.0. The molecule has 2 N–H and O–H groups in total. The summed E-state index contributed by atoms with van der Waals surface area (Å²) in [6.45, 7) is 2.10. The average Bonchev–Trinajstić information content (AvgIpc) is 2.55. The van der Waals surface area contributed by atoms with Crippen molar-refractivity contribution in [3.05, 3.63) is 53.0 Å². The number of aliphatic hydroxyl groups is 1. The maximum Gasteiger partial charge on any atom is 0.133 e. The predicted molar refractivity (Wildman–Crippen MR) is 87.9 cm³/mol. The van der Waals surface area contributed by atoms with Crippen LogP contribution in [0.15, 0.2) is 30.3 Å². The number of aromatic nitrogens is 2. The van der Waals surface area contributed by atoms with Crippen molar-refractivity contribution in [3.8, 4) is 0 Å². The van der Waals surface area contributed by atoms with Gasteiger partial charge in [-0.3, -0.25) is 0 Å². The van der Waals surface area contributed by atoms with Gasteiger partial charge in [-0.1, -0.05) is 30.3 Å². The van der Waals surface area contributed by atoms with E-state index in [2.05, 4.69) is 27.4 Å². The Labute approximate surface area is 131 Å². The Kier molecular flexibility index (Phi) is 4.68.